The number of aromatic hydroxyl groups is 1. The predicted molar refractivity (Wildman–Crippen MR) is 71.9 cm³/mol. The van der Waals surface area contributed by atoms with Gasteiger partial charge in [-0.1, -0.05) is 23.5 Å². The maximum absolute atomic E-state index is 11.5. The van der Waals surface area contributed by atoms with Gasteiger partial charge in [-0.25, -0.2) is 5.43 Å². The zero-order valence-electron chi connectivity index (χ0n) is 9.78. The van der Waals surface area contributed by atoms with Gasteiger partial charge < -0.3 is 10.8 Å². The smallest absolute Gasteiger partial charge is 0.247 e. The summed E-state index contributed by atoms with van der Waals surface area (Å²) in [4.78, 5) is 11.5. The summed E-state index contributed by atoms with van der Waals surface area (Å²) in [5.41, 5.74) is 8.25. The fourth-order valence-corrected chi connectivity index (χ4v) is 1.89. The van der Waals surface area contributed by atoms with Gasteiger partial charge in [-0.05, 0) is 12.1 Å². The lowest BCUT2D eigenvalue weighted by atomic mass is 10.2. The Labute approximate surface area is 112 Å². The molecule has 0 unspecified atom stereocenters. The van der Waals surface area contributed by atoms with Gasteiger partial charge in [-0.3, -0.25) is 4.79 Å². The van der Waals surface area contributed by atoms with Crippen LogP contribution in [0.5, 0.6) is 5.75 Å². The van der Waals surface area contributed by atoms with Crippen molar-refractivity contribution in [2.75, 3.05) is 5.73 Å². The van der Waals surface area contributed by atoms with Crippen molar-refractivity contribution in [2.24, 2.45) is 5.10 Å². The van der Waals surface area contributed by atoms with Crippen LogP contribution in [0.4, 0.5) is 5.13 Å². The molecule has 0 fully saturated rings. The van der Waals surface area contributed by atoms with Crippen molar-refractivity contribution in [1.82, 2.24) is 15.6 Å². The summed E-state index contributed by atoms with van der Waals surface area (Å²) in [5, 5.41) is 21.4. The SMILES string of the molecule is Nc1nnc(CC(=O)N/N=C\c2ccccc2O)s1. The Morgan fingerprint density at radius 3 is 2.95 bits per heavy atom. The van der Waals surface area contributed by atoms with Crippen LogP contribution in [-0.4, -0.2) is 27.4 Å². The Morgan fingerprint density at radius 2 is 2.26 bits per heavy atom. The first-order valence-corrected chi connectivity index (χ1v) is 6.14. The highest BCUT2D eigenvalue weighted by atomic mass is 32.1. The molecule has 0 radical (unpaired) electrons. The number of hydrazone groups is 1. The quantitative estimate of drug-likeness (QED) is 0.557. The van der Waals surface area contributed by atoms with Crippen LogP contribution in [0, 0.1) is 0 Å². The molecule has 7 nitrogen and oxygen atoms in total. The molecule has 98 valence electrons. The second-order valence-electron chi connectivity index (χ2n) is 3.56. The van der Waals surface area contributed by atoms with Crippen molar-refractivity contribution >= 4 is 28.6 Å². The van der Waals surface area contributed by atoms with Crippen LogP contribution in [0.3, 0.4) is 0 Å². The normalized spacial score (nSPS) is 10.7. The van der Waals surface area contributed by atoms with Crippen LogP contribution in [0.25, 0.3) is 0 Å². The molecule has 2 rings (SSSR count). The second-order valence-corrected chi connectivity index (χ2v) is 4.66. The van der Waals surface area contributed by atoms with Crippen LogP contribution in [-0.2, 0) is 11.2 Å². The van der Waals surface area contributed by atoms with E-state index in [1.807, 2.05) is 0 Å². The predicted octanol–water partition coefficient (Wildman–Crippen LogP) is 0.519. The Morgan fingerprint density at radius 1 is 1.47 bits per heavy atom. The average Bonchev–Trinajstić information content (AvgIpc) is 2.77. The molecule has 19 heavy (non-hydrogen) atoms. The fraction of sp³-hybridized carbons (Fsp3) is 0.0909. The van der Waals surface area contributed by atoms with E-state index in [1.54, 1.807) is 18.2 Å². The molecule has 0 atom stereocenters. The van der Waals surface area contributed by atoms with E-state index in [1.165, 1.54) is 12.3 Å². The Bertz CT molecular complexity index is 611. The standard InChI is InChI=1S/C11H11N5O2S/c12-11-16-15-10(19-11)5-9(18)14-13-6-7-3-1-2-4-8(7)17/h1-4,6,17H,5H2,(H2,12,16)(H,14,18)/b13-6-. The van der Waals surface area contributed by atoms with Crippen molar-refractivity contribution in [3.8, 4) is 5.75 Å². The summed E-state index contributed by atoms with van der Waals surface area (Å²) < 4.78 is 0. The van der Waals surface area contributed by atoms with E-state index in [0.29, 0.717) is 15.7 Å². The monoisotopic (exact) mass is 277 g/mol. The lowest BCUT2D eigenvalue weighted by molar-refractivity contribution is -0.120. The van der Waals surface area contributed by atoms with Crippen LogP contribution >= 0.6 is 11.3 Å². The summed E-state index contributed by atoms with van der Waals surface area (Å²) in [5.74, 6) is -0.236. The molecule has 1 heterocycles. The zero-order valence-corrected chi connectivity index (χ0v) is 10.6. The van der Waals surface area contributed by atoms with Crippen molar-refractivity contribution in [3.63, 3.8) is 0 Å². The first-order valence-electron chi connectivity index (χ1n) is 5.33. The van der Waals surface area contributed by atoms with E-state index in [9.17, 15) is 9.90 Å². The maximum atomic E-state index is 11.5. The average molecular weight is 277 g/mol. The van der Waals surface area contributed by atoms with E-state index >= 15 is 0 Å². The minimum Gasteiger partial charge on any atom is -0.507 e. The number of hydrogen-bond donors (Lipinski definition) is 3. The van der Waals surface area contributed by atoms with E-state index in [2.05, 4.69) is 20.7 Å². The zero-order chi connectivity index (χ0) is 13.7. The number of phenolic OH excluding ortho intramolecular Hbond substituents is 1. The third-order valence-corrected chi connectivity index (χ3v) is 2.88. The third kappa shape index (κ3) is 3.75. The van der Waals surface area contributed by atoms with E-state index in [0.717, 1.165) is 11.3 Å². The molecule has 1 aromatic carbocycles. The summed E-state index contributed by atoms with van der Waals surface area (Å²) in [6, 6.07) is 6.67. The molecule has 0 saturated carbocycles. The number of anilines is 1. The van der Waals surface area contributed by atoms with Gasteiger partial charge in [0.2, 0.25) is 11.0 Å². The van der Waals surface area contributed by atoms with Crippen LogP contribution in [0.2, 0.25) is 0 Å². The molecule has 0 saturated heterocycles. The highest BCUT2D eigenvalue weighted by Gasteiger charge is 2.07. The molecule has 4 N–H and O–H groups in total. The summed E-state index contributed by atoms with van der Waals surface area (Å²) in [7, 11) is 0. The van der Waals surface area contributed by atoms with Crippen molar-refractivity contribution in [3.05, 3.63) is 34.8 Å². The van der Waals surface area contributed by atoms with Crippen LogP contribution in [0.1, 0.15) is 10.6 Å². The molecule has 8 heteroatoms. The largest absolute Gasteiger partial charge is 0.507 e. The Balaban J connectivity index is 1.88. The minimum absolute atomic E-state index is 0.0625. The number of hydrogen-bond acceptors (Lipinski definition) is 7. The topological polar surface area (TPSA) is 113 Å². The molecule has 0 bridgehead atoms. The van der Waals surface area contributed by atoms with Gasteiger partial charge in [0.05, 0.1) is 12.6 Å². The number of aromatic nitrogens is 2. The fourth-order valence-electron chi connectivity index (χ4n) is 1.29. The number of nitrogen functional groups attached to an aromatic ring is 1. The van der Waals surface area contributed by atoms with Crippen molar-refractivity contribution in [2.45, 2.75) is 6.42 Å². The summed E-state index contributed by atoms with van der Waals surface area (Å²) >= 11 is 1.15. The number of rotatable bonds is 4. The van der Waals surface area contributed by atoms with Gasteiger partial charge in [-0.15, -0.1) is 10.2 Å². The van der Waals surface area contributed by atoms with Gasteiger partial charge >= 0.3 is 0 Å². The molecule has 1 aromatic heterocycles. The van der Waals surface area contributed by atoms with E-state index < -0.39 is 0 Å². The number of carbonyl (C=O) groups excluding carboxylic acids is 1. The van der Waals surface area contributed by atoms with Gasteiger partial charge in [-0.2, -0.15) is 5.10 Å². The Hall–Kier alpha value is -2.48. The van der Waals surface area contributed by atoms with Crippen molar-refractivity contribution in [1.29, 1.82) is 0 Å². The number of nitrogens with one attached hydrogen (secondary N) is 1. The molecule has 2 aromatic rings. The first-order chi connectivity index (χ1) is 9.15. The number of amides is 1. The summed E-state index contributed by atoms with van der Waals surface area (Å²) in [6.45, 7) is 0. The summed E-state index contributed by atoms with van der Waals surface area (Å²) in [6.07, 6.45) is 1.43. The maximum Gasteiger partial charge on any atom is 0.247 e. The lowest BCUT2D eigenvalue weighted by Gasteiger charge is -1.98. The van der Waals surface area contributed by atoms with Crippen molar-refractivity contribution < 1.29 is 9.90 Å². The van der Waals surface area contributed by atoms with Crippen LogP contribution < -0.4 is 11.2 Å². The highest BCUT2D eigenvalue weighted by molar-refractivity contribution is 7.15. The number of nitrogens with two attached hydrogens (primary N) is 1. The molecular weight excluding hydrogens is 266 g/mol. The third-order valence-electron chi connectivity index (χ3n) is 2.12. The molecule has 0 aliphatic carbocycles. The molecule has 0 spiro atoms. The minimum atomic E-state index is -0.331. The van der Waals surface area contributed by atoms with Gasteiger partial charge in [0.15, 0.2) is 0 Å². The number of para-hydroxylation sites is 1. The van der Waals surface area contributed by atoms with Gasteiger partial charge in [0.1, 0.15) is 10.8 Å². The number of carbonyl (C=O) groups is 1. The Kier molecular flexibility index (Phi) is 4.04. The van der Waals surface area contributed by atoms with Gasteiger partial charge in [0.25, 0.3) is 0 Å². The van der Waals surface area contributed by atoms with E-state index in [4.69, 9.17) is 5.73 Å². The van der Waals surface area contributed by atoms with E-state index in [-0.39, 0.29) is 18.1 Å². The number of nitrogens with zero attached hydrogens (tertiary/aromatic N) is 3. The van der Waals surface area contributed by atoms with Crippen LogP contribution in [0.15, 0.2) is 29.4 Å². The first kappa shape index (κ1) is 13.0. The molecular formula is C11H11N5O2S. The molecule has 0 aliphatic rings. The molecule has 1 amide bonds. The lowest BCUT2D eigenvalue weighted by Crippen LogP contribution is -2.19. The molecule has 0 aliphatic heterocycles. The van der Waals surface area contributed by atoms with Gasteiger partial charge in [0, 0.05) is 5.56 Å². The number of phenols is 1. The highest BCUT2D eigenvalue weighted by Crippen LogP contribution is 2.13. The number of benzene rings is 1. The second kappa shape index (κ2) is 5.91.